The number of carbonyl (C=O) groups excluding carboxylic acids is 1. The van der Waals surface area contributed by atoms with E-state index in [1.165, 1.54) is 6.92 Å². The van der Waals surface area contributed by atoms with Crippen molar-refractivity contribution in [3.8, 4) is 0 Å². The Bertz CT molecular complexity index is 207. The maximum absolute atomic E-state index is 13.1. The van der Waals surface area contributed by atoms with Gasteiger partial charge >= 0.3 is 0 Å². The summed E-state index contributed by atoms with van der Waals surface area (Å²) in [5.41, 5.74) is 0. The van der Waals surface area contributed by atoms with E-state index >= 15 is 0 Å². The predicted octanol–water partition coefficient (Wildman–Crippen LogP) is 3.51. The molecule has 0 aromatic heterocycles. The molecule has 0 radical (unpaired) electrons. The van der Waals surface area contributed by atoms with Crippen molar-refractivity contribution in [1.29, 1.82) is 0 Å². The summed E-state index contributed by atoms with van der Waals surface area (Å²) in [5.74, 6) is -2.78. The highest BCUT2D eigenvalue weighted by atomic mass is 19.3. The van der Waals surface area contributed by atoms with E-state index in [1.54, 1.807) is 0 Å². The Morgan fingerprint density at radius 3 is 2.38 bits per heavy atom. The van der Waals surface area contributed by atoms with Crippen LogP contribution in [0.3, 0.4) is 0 Å². The number of hydrogen-bond acceptors (Lipinski definition) is 1. The van der Waals surface area contributed by atoms with Crippen LogP contribution in [0.4, 0.5) is 8.78 Å². The normalized spacial score (nSPS) is 13.6. The molecule has 0 bridgehead atoms. The third kappa shape index (κ3) is 6.75. The molecule has 0 heterocycles. The van der Waals surface area contributed by atoms with E-state index in [0.29, 0.717) is 12.8 Å². The van der Waals surface area contributed by atoms with Gasteiger partial charge in [0.05, 0.1) is 0 Å². The molecule has 0 spiro atoms. The Morgan fingerprint density at radius 2 is 1.94 bits per heavy atom. The van der Waals surface area contributed by atoms with Crippen molar-refractivity contribution in [3.05, 3.63) is 0 Å². The largest absolute Gasteiger partial charge is 0.353 e. The van der Waals surface area contributed by atoms with Crippen molar-refractivity contribution in [2.45, 2.75) is 71.3 Å². The van der Waals surface area contributed by atoms with Crippen LogP contribution in [0.2, 0.25) is 0 Å². The molecule has 0 aromatic carbocycles. The third-order valence-corrected chi connectivity index (χ3v) is 2.68. The molecule has 1 amide bonds. The molecule has 2 nitrogen and oxygen atoms in total. The number of alkyl halides is 2. The minimum absolute atomic E-state index is 0.111. The van der Waals surface area contributed by atoms with Gasteiger partial charge in [-0.05, 0) is 12.8 Å². The molecule has 4 heteroatoms. The molecule has 0 aliphatic rings. The van der Waals surface area contributed by atoms with Crippen molar-refractivity contribution in [2.75, 3.05) is 0 Å². The molecule has 96 valence electrons. The Balaban J connectivity index is 4.05. The summed E-state index contributed by atoms with van der Waals surface area (Å²) in [6, 6.07) is -0.403. The van der Waals surface area contributed by atoms with Crippen molar-refractivity contribution in [2.24, 2.45) is 0 Å². The highest BCUT2D eigenvalue weighted by Crippen LogP contribution is 2.25. The van der Waals surface area contributed by atoms with Crippen LogP contribution >= 0.6 is 0 Å². The van der Waals surface area contributed by atoms with Crippen LogP contribution in [0, 0.1) is 0 Å². The molecular formula is C12H23F2NO. The van der Waals surface area contributed by atoms with Crippen molar-refractivity contribution >= 4 is 5.91 Å². The lowest BCUT2D eigenvalue weighted by Gasteiger charge is -2.22. The summed E-state index contributed by atoms with van der Waals surface area (Å²) in [6.07, 6.45) is 2.31. The molecular weight excluding hydrogens is 212 g/mol. The van der Waals surface area contributed by atoms with Gasteiger partial charge in [-0.15, -0.1) is 0 Å². The van der Waals surface area contributed by atoms with Crippen LogP contribution in [-0.4, -0.2) is 17.9 Å². The summed E-state index contributed by atoms with van der Waals surface area (Å²) >= 11 is 0. The van der Waals surface area contributed by atoms with Gasteiger partial charge in [-0.3, -0.25) is 4.79 Å². The fourth-order valence-electron chi connectivity index (χ4n) is 1.44. The van der Waals surface area contributed by atoms with Gasteiger partial charge in [-0.2, -0.15) is 0 Å². The van der Waals surface area contributed by atoms with Crippen LogP contribution in [-0.2, 0) is 4.79 Å². The van der Waals surface area contributed by atoms with Gasteiger partial charge in [0.15, 0.2) is 0 Å². The molecule has 0 aliphatic carbocycles. The lowest BCUT2D eigenvalue weighted by Crippen LogP contribution is -2.38. The monoisotopic (exact) mass is 235 g/mol. The van der Waals surface area contributed by atoms with Crippen molar-refractivity contribution in [3.63, 3.8) is 0 Å². The molecule has 0 aliphatic heterocycles. The fraction of sp³-hybridized carbons (Fsp3) is 0.917. The summed E-state index contributed by atoms with van der Waals surface area (Å²) in [6.45, 7) is 5.28. The molecule has 1 unspecified atom stereocenters. The SMILES string of the molecule is CCCCC(=O)NC(CC)CC(F)(F)CC. The number of unbranched alkanes of at least 4 members (excludes halogenated alkanes) is 1. The van der Waals surface area contributed by atoms with Crippen LogP contribution in [0.15, 0.2) is 0 Å². The second-order valence-electron chi connectivity index (χ2n) is 4.19. The highest BCUT2D eigenvalue weighted by molar-refractivity contribution is 5.76. The van der Waals surface area contributed by atoms with Crippen LogP contribution in [0.25, 0.3) is 0 Å². The number of carbonyl (C=O) groups is 1. The van der Waals surface area contributed by atoms with Gasteiger partial charge < -0.3 is 5.32 Å². The van der Waals surface area contributed by atoms with Crippen molar-refractivity contribution < 1.29 is 13.6 Å². The quantitative estimate of drug-likeness (QED) is 0.685. The zero-order chi connectivity index (χ0) is 12.6. The summed E-state index contributed by atoms with van der Waals surface area (Å²) in [7, 11) is 0. The zero-order valence-corrected chi connectivity index (χ0v) is 10.5. The second-order valence-corrected chi connectivity index (χ2v) is 4.19. The molecule has 1 atom stereocenters. The first kappa shape index (κ1) is 15.3. The maximum Gasteiger partial charge on any atom is 0.249 e. The van der Waals surface area contributed by atoms with Gasteiger partial charge in [0.1, 0.15) is 0 Å². The van der Waals surface area contributed by atoms with Crippen LogP contribution in [0.5, 0.6) is 0 Å². The van der Waals surface area contributed by atoms with Crippen LogP contribution < -0.4 is 5.32 Å². The molecule has 0 aromatic rings. The smallest absolute Gasteiger partial charge is 0.249 e. The number of halogens is 2. The highest BCUT2D eigenvalue weighted by Gasteiger charge is 2.30. The molecule has 16 heavy (non-hydrogen) atoms. The number of amides is 1. The minimum Gasteiger partial charge on any atom is -0.353 e. The third-order valence-electron chi connectivity index (χ3n) is 2.68. The zero-order valence-electron chi connectivity index (χ0n) is 10.5. The van der Waals surface area contributed by atoms with E-state index in [0.717, 1.165) is 12.8 Å². The summed E-state index contributed by atoms with van der Waals surface area (Å²) < 4.78 is 26.3. The van der Waals surface area contributed by atoms with E-state index in [9.17, 15) is 13.6 Å². The van der Waals surface area contributed by atoms with E-state index in [1.807, 2.05) is 13.8 Å². The van der Waals surface area contributed by atoms with Gasteiger partial charge in [0.25, 0.3) is 0 Å². The van der Waals surface area contributed by atoms with E-state index in [2.05, 4.69) is 5.32 Å². The first-order valence-electron chi connectivity index (χ1n) is 6.12. The standard InChI is InChI=1S/C12H23F2NO/c1-4-7-8-11(16)15-10(5-2)9-12(13,14)6-3/h10H,4-9H2,1-3H3,(H,15,16). The minimum atomic E-state index is -2.67. The molecule has 0 fully saturated rings. The summed E-state index contributed by atoms with van der Waals surface area (Å²) in [4.78, 5) is 11.4. The van der Waals surface area contributed by atoms with Gasteiger partial charge in [0.2, 0.25) is 11.8 Å². The number of hydrogen-bond donors (Lipinski definition) is 1. The maximum atomic E-state index is 13.1. The Kier molecular flexibility index (Phi) is 7.26. The first-order chi connectivity index (χ1) is 7.45. The van der Waals surface area contributed by atoms with Gasteiger partial charge in [-0.25, -0.2) is 8.78 Å². The second kappa shape index (κ2) is 7.58. The summed E-state index contributed by atoms with van der Waals surface area (Å²) in [5, 5.41) is 2.67. The average molecular weight is 235 g/mol. The Hall–Kier alpha value is -0.670. The fourth-order valence-corrected chi connectivity index (χ4v) is 1.44. The van der Waals surface area contributed by atoms with E-state index in [-0.39, 0.29) is 18.7 Å². The first-order valence-corrected chi connectivity index (χ1v) is 6.12. The average Bonchev–Trinajstić information content (AvgIpc) is 2.25. The Labute approximate surface area is 96.8 Å². The van der Waals surface area contributed by atoms with Gasteiger partial charge in [0, 0.05) is 25.3 Å². The lowest BCUT2D eigenvalue weighted by molar-refractivity contribution is -0.122. The topological polar surface area (TPSA) is 29.1 Å². The molecule has 0 saturated carbocycles. The van der Waals surface area contributed by atoms with Crippen molar-refractivity contribution in [1.82, 2.24) is 5.32 Å². The van der Waals surface area contributed by atoms with Gasteiger partial charge in [-0.1, -0.05) is 27.2 Å². The van der Waals surface area contributed by atoms with Crippen LogP contribution in [0.1, 0.15) is 59.3 Å². The van der Waals surface area contributed by atoms with E-state index < -0.39 is 12.0 Å². The number of nitrogens with one attached hydrogen (secondary N) is 1. The molecule has 0 rings (SSSR count). The number of rotatable bonds is 8. The molecule has 1 N–H and O–H groups in total. The predicted molar refractivity (Wildman–Crippen MR) is 61.6 cm³/mol. The lowest BCUT2D eigenvalue weighted by atomic mass is 10.0. The Morgan fingerprint density at radius 1 is 1.31 bits per heavy atom. The van der Waals surface area contributed by atoms with E-state index in [4.69, 9.17) is 0 Å². The molecule has 0 saturated heterocycles.